The second kappa shape index (κ2) is 8.52. The average Bonchev–Trinajstić information content (AvgIpc) is 3.61. The summed E-state index contributed by atoms with van der Waals surface area (Å²) in [6, 6.07) is 8.37. The monoisotopic (exact) mass is 496 g/mol. The summed E-state index contributed by atoms with van der Waals surface area (Å²) in [5.74, 6) is -1.54. The number of rotatable bonds is 6. The Kier molecular flexibility index (Phi) is 5.49. The normalized spacial score (nSPS) is 14.4. The Balaban J connectivity index is 1.56. The number of aromatic hydroxyl groups is 1. The maximum Gasteiger partial charge on any atom is 0.272 e. The first-order chi connectivity index (χ1) is 16.8. The SMILES string of the molecule is NC(=O)c1ncn2c(C(=O)Nc3cc(S(=O)(=O)N4CCCC4)ccc3O)cc(-c3ccco3)nc12. The number of hydrogen-bond donors (Lipinski definition) is 3. The van der Waals surface area contributed by atoms with Gasteiger partial charge in [-0.25, -0.2) is 18.4 Å². The lowest BCUT2D eigenvalue weighted by Crippen LogP contribution is -2.28. The molecule has 1 aromatic carbocycles. The summed E-state index contributed by atoms with van der Waals surface area (Å²) in [4.78, 5) is 33.4. The maximum atomic E-state index is 13.3. The van der Waals surface area contributed by atoms with Crippen LogP contribution in [-0.4, -0.2) is 57.1 Å². The molecule has 4 heterocycles. The maximum absolute atomic E-state index is 13.3. The van der Waals surface area contributed by atoms with E-state index in [0.717, 1.165) is 12.8 Å². The Morgan fingerprint density at radius 3 is 2.60 bits per heavy atom. The minimum atomic E-state index is -3.77. The molecule has 4 aromatic rings. The number of amides is 2. The summed E-state index contributed by atoms with van der Waals surface area (Å²) in [6.45, 7) is 0.830. The van der Waals surface area contributed by atoms with Crippen molar-refractivity contribution < 1.29 is 27.5 Å². The van der Waals surface area contributed by atoms with Gasteiger partial charge in [-0.2, -0.15) is 4.31 Å². The third kappa shape index (κ3) is 4.00. The Bertz CT molecular complexity index is 1550. The number of anilines is 1. The summed E-state index contributed by atoms with van der Waals surface area (Å²) < 4.78 is 33.9. The molecule has 0 saturated carbocycles. The Morgan fingerprint density at radius 2 is 1.91 bits per heavy atom. The van der Waals surface area contributed by atoms with Crippen LogP contribution in [0.5, 0.6) is 5.75 Å². The van der Waals surface area contributed by atoms with Crippen molar-refractivity contribution in [3.63, 3.8) is 0 Å². The summed E-state index contributed by atoms with van der Waals surface area (Å²) in [5, 5.41) is 12.9. The van der Waals surface area contributed by atoms with Crippen LogP contribution in [0.4, 0.5) is 5.69 Å². The molecule has 12 nitrogen and oxygen atoms in total. The smallest absolute Gasteiger partial charge is 0.272 e. The molecule has 13 heteroatoms. The number of primary amides is 1. The molecule has 180 valence electrons. The third-order valence-electron chi connectivity index (χ3n) is 5.66. The lowest BCUT2D eigenvalue weighted by Gasteiger charge is -2.17. The Morgan fingerprint density at radius 1 is 1.14 bits per heavy atom. The van der Waals surface area contributed by atoms with Crippen LogP contribution in [0.1, 0.15) is 33.8 Å². The van der Waals surface area contributed by atoms with Gasteiger partial charge in [0.15, 0.2) is 17.1 Å². The number of furan rings is 1. The van der Waals surface area contributed by atoms with Crippen molar-refractivity contribution in [1.29, 1.82) is 0 Å². The number of phenols is 1. The molecule has 0 spiro atoms. The lowest BCUT2D eigenvalue weighted by molar-refractivity contribution is 0.0993. The fourth-order valence-corrected chi connectivity index (χ4v) is 5.45. The number of carbonyl (C=O) groups excluding carboxylic acids is 2. The molecule has 4 N–H and O–H groups in total. The predicted octanol–water partition coefficient (Wildman–Crippen LogP) is 1.83. The number of aromatic nitrogens is 3. The minimum absolute atomic E-state index is 0.00592. The first-order valence-electron chi connectivity index (χ1n) is 10.6. The fourth-order valence-electron chi connectivity index (χ4n) is 3.91. The van der Waals surface area contributed by atoms with E-state index in [9.17, 15) is 23.1 Å². The molecule has 1 aliphatic heterocycles. The highest BCUT2D eigenvalue weighted by Gasteiger charge is 2.28. The molecule has 1 aliphatic rings. The zero-order chi connectivity index (χ0) is 24.7. The largest absolute Gasteiger partial charge is 0.506 e. The van der Waals surface area contributed by atoms with E-state index in [1.165, 1.54) is 45.6 Å². The van der Waals surface area contributed by atoms with Crippen LogP contribution >= 0.6 is 0 Å². The van der Waals surface area contributed by atoms with Gasteiger partial charge < -0.3 is 20.6 Å². The van der Waals surface area contributed by atoms with Gasteiger partial charge in [0.1, 0.15) is 23.5 Å². The van der Waals surface area contributed by atoms with Gasteiger partial charge >= 0.3 is 0 Å². The van der Waals surface area contributed by atoms with Gasteiger partial charge in [-0.15, -0.1) is 0 Å². The Hall–Kier alpha value is -4.23. The van der Waals surface area contributed by atoms with Crippen molar-refractivity contribution in [1.82, 2.24) is 18.7 Å². The van der Waals surface area contributed by atoms with Crippen molar-refractivity contribution in [3.05, 3.63) is 60.4 Å². The first kappa shape index (κ1) is 22.6. The van der Waals surface area contributed by atoms with Crippen LogP contribution in [0, 0.1) is 0 Å². The number of nitrogens with one attached hydrogen (secondary N) is 1. The van der Waals surface area contributed by atoms with Crippen LogP contribution < -0.4 is 11.1 Å². The number of nitrogens with zero attached hydrogens (tertiary/aromatic N) is 4. The van der Waals surface area contributed by atoms with Crippen LogP contribution in [0.2, 0.25) is 0 Å². The van der Waals surface area contributed by atoms with E-state index in [2.05, 4.69) is 15.3 Å². The van der Waals surface area contributed by atoms with Gasteiger partial charge in [0.05, 0.1) is 16.8 Å². The van der Waals surface area contributed by atoms with E-state index in [-0.39, 0.29) is 39.1 Å². The van der Waals surface area contributed by atoms with Gasteiger partial charge in [0, 0.05) is 13.1 Å². The van der Waals surface area contributed by atoms with Gasteiger partial charge in [0.2, 0.25) is 10.0 Å². The molecule has 5 rings (SSSR count). The van der Waals surface area contributed by atoms with Crippen LogP contribution in [0.15, 0.2) is 58.3 Å². The summed E-state index contributed by atoms with van der Waals surface area (Å²) in [5.41, 5.74) is 5.42. The summed E-state index contributed by atoms with van der Waals surface area (Å²) >= 11 is 0. The van der Waals surface area contributed by atoms with E-state index in [1.807, 2.05) is 0 Å². The van der Waals surface area contributed by atoms with Crippen molar-refractivity contribution in [3.8, 4) is 17.2 Å². The minimum Gasteiger partial charge on any atom is -0.506 e. The number of nitrogens with two attached hydrogens (primary N) is 1. The summed E-state index contributed by atoms with van der Waals surface area (Å²) in [7, 11) is -3.77. The van der Waals surface area contributed by atoms with Crippen molar-refractivity contribution in [2.45, 2.75) is 17.7 Å². The second-order valence-electron chi connectivity index (χ2n) is 7.90. The second-order valence-corrected chi connectivity index (χ2v) is 9.84. The van der Waals surface area contributed by atoms with Gasteiger partial charge in [-0.3, -0.25) is 14.0 Å². The molecule has 1 fully saturated rings. The first-order valence-corrected chi connectivity index (χ1v) is 12.1. The van der Waals surface area contributed by atoms with Gasteiger partial charge in [0.25, 0.3) is 11.8 Å². The van der Waals surface area contributed by atoms with Gasteiger partial charge in [-0.1, -0.05) is 0 Å². The number of imidazole rings is 1. The third-order valence-corrected chi connectivity index (χ3v) is 7.55. The molecule has 0 radical (unpaired) electrons. The molecule has 1 saturated heterocycles. The standard InChI is InChI=1S/C22H20N6O6S/c23-20(30)19-21-25-15(18-4-3-9-34-18)11-16(28(21)12-24-19)22(31)26-14-10-13(5-6-17(14)29)35(32,33)27-7-1-2-8-27/h3-6,9-12,29H,1-2,7-8H2,(H2,23,30)(H,26,31). The summed E-state index contributed by atoms with van der Waals surface area (Å²) in [6.07, 6.45) is 4.19. The number of hydrogen-bond acceptors (Lipinski definition) is 8. The average molecular weight is 497 g/mol. The highest BCUT2D eigenvalue weighted by molar-refractivity contribution is 7.89. The van der Waals surface area contributed by atoms with E-state index in [0.29, 0.717) is 18.8 Å². The molecule has 0 atom stereocenters. The number of sulfonamides is 1. The van der Waals surface area contributed by atoms with Crippen molar-refractivity contribution >= 4 is 33.2 Å². The Labute approximate surface area is 199 Å². The van der Waals surface area contributed by atoms with Crippen LogP contribution in [0.25, 0.3) is 17.1 Å². The molecule has 2 amide bonds. The molecule has 0 bridgehead atoms. The van der Waals surface area contributed by atoms with Crippen LogP contribution in [-0.2, 0) is 10.0 Å². The zero-order valence-corrected chi connectivity index (χ0v) is 19.0. The van der Waals surface area contributed by atoms with Crippen LogP contribution in [0.3, 0.4) is 0 Å². The highest BCUT2D eigenvalue weighted by atomic mass is 32.2. The van der Waals surface area contributed by atoms with Crippen molar-refractivity contribution in [2.24, 2.45) is 5.73 Å². The van der Waals surface area contributed by atoms with Gasteiger partial charge in [-0.05, 0) is 49.2 Å². The molecule has 0 unspecified atom stereocenters. The molecular weight excluding hydrogens is 476 g/mol. The van der Waals surface area contributed by atoms with Crippen molar-refractivity contribution in [2.75, 3.05) is 18.4 Å². The van der Waals surface area contributed by atoms with E-state index in [1.54, 1.807) is 12.1 Å². The fraction of sp³-hybridized carbons (Fsp3) is 0.182. The van der Waals surface area contributed by atoms with E-state index in [4.69, 9.17) is 10.2 Å². The molecule has 3 aromatic heterocycles. The number of carbonyl (C=O) groups is 2. The molecular formula is C22H20N6O6S. The van der Waals surface area contributed by atoms with E-state index >= 15 is 0 Å². The number of phenolic OH excluding ortho intramolecular Hbond substituents is 1. The molecule has 35 heavy (non-hydrogen) atoms. The predicted molar refractivity (Wildman–Crippen MR) is 123 cm³/mol. The van der Waals surface area contributed by atoms with E-state index < -0.39 is 21.8 Å². The molecule has 0 aliphatic carbocycles. The number of fused-ring (bicyclic) bond motifs is 1. The highest BCUT2D eigenvalue weighted by Crippen LogP contribution is 2.30. The topological polar surface area (TPSA) is 173 Å². The lowest BCUT2D eigenvalue weighted by atomic mass is 10.2. The quantitative estimate of drug-likeness (QED) is 0.339. The number of benzene rings is 1. The zero-order valence-electron chi connectivity index (χ0n) is 18.2.